The minimum Gasteiger partial charge on any atom is -0.462 e. The van der Waals surface area contributed by atoms with Crippen LogP contribution < -0.4 is 15.5 Å². The number of esters is 1. The molecule has 0 aliphatic heterocycles. The number of aromatic nitrogens is 1. The smallest absolute Gasteiger partial charge is 0.350 e. The van der Waals surface area contributed by atoms with E-state index in [1.807, 2.05) is 27.9 Å². The van der Waals surface area contributed by atoms with Gasteiger partial charge in [0.05, 0.1) is 18.3 Å². The van der Waals surface area contributed by atoms with Crippen LogP contribution in [0, 0.1) is 13.8 Å². The van der Waals surface area contributed by atoms with Gasteiger partial charge in [-0.1, -0.05) is 12.1 Å². The number of thiazole rings is 1. The maximum absolute atomic E-state index is 12.0. The van der Waals surface area contributed by atoms with Crippen molar-refractivity contribution in [2.24, 2.45) is 4.99 Å². The predicted molar refractivity (Wildman–Crippen MR) is 120 cm³/mol. The number of carbonyl (C=O) groups excluding carboxylic acids is 1. The molecule has 7 nitrogen and oxygen atoms in total. The summed E-state index contributed by atoms with van der Waals surface area (Å²) in [6, 6.07) is 6.31. The Hall–Kier alpha value is -2.61. The lowest BCUT2D eigenvalue weighted by atomic mass is 10.1. The number of nitrogens with one attached hydrogen (secondary N) is 2. The Morgan fingerprint density at radius 1 is 1.34 bits per heavy atom. The Bertz CT molecular complexity index is 876. The largest absolute Gasteiger partial charge is 0.462 e. The normalized spacial score (nSPS) is 12.4. The summed E-state index contributed by atoms with van der Waals surface area (Å²) in [5, 5.41) is 7.53. The van der Waals surface area contributed by atoms with Gasteiger partial charge < -0.3 is 20.3 Å². The average Bonchev–Trinajstić information content (AvgIpc) is 3.07. The Kier molecular flexibility index (Phi) is 8.01. The summed E-state index contributed by atoms with van der Waals surface area (Å²) >= 11 is 1.35. The fourth-order valence-corrected chi connectivity index (χ4v) is 3.83. The third-order valence-corrected chi connectivity index (χ3v) is 5.71. The number of hydrogen-bond acceptors (Lipinski definition) is 6. The van der Waals surface area contributed by atoms with E-state index in [-0.39, 0.29) is 12.0 Å². The van der Waals surface area contributed by atoms with E-state index in [1.54, 1.807) is 14.0 Å². The molecule has 0 bridgehead atoms. The molecular weight excluding hydrogens is 386 g/mol. The average molecular weight is 418 g/mol. The Balaban J connectivity index is 2.06. The van der Waals surface area contributed by atoms with Crippen molar-refractivity contribution >= 4 is 29.0 Å². The number of benzene rings is 1. The Morgan fingerprint density at radius 2 is 2.07 bits per heavy atom. The van der Waals surface area contributed by atoms with Gasteiger partial charge in [-0.3, -0.25) is 4.99 Å². The van der Waals surface area contributed by atoms with Crippen LogP contribution >= 0.6 is 11.3 Å². The molecule has 158 valence electrons. The van der Waals surface area contributed by atoms with Crippen molar-refractivity contribution in [2.75, 3.05) is 32.6 Å². The number of guanidine groups is 1. The lowest BCUT2D eigenvalue weighted by Crippen LogP contribution is -2.38. The SMILES string of the molecule is CCOC(=O)c1sc(C(C)NC(=NC)NCc2ccc(C)cc2N(C)C)nc1C. The summed E-state index contributed by atoms with van der Waals surface area (Å²) < 4.78 is 5.10. The molecule has 0 spiro atoms. The monoisotopic (exact) mass is 417 g/mol. The molecule has 0 aliphatic rings. The minimum atomic E-state index is -0.320. The number of hydrogen-bond donors (Lipinski definition) is 2. The van der Waals surface area contributed by atoms with Crippen LogP contribution in [0.5, 0.6) is 0 Å². The predicted octanol–water partition coefficient (Wildman–Crippen LogP) is 3.43. The fraction of sp³-hybridized carbons (Fsp3) is 0.476. The summed E-state index contributed by atoms with van der Waals surface area (Å²) in [6.45, 7) is 8.70. The van der Waals surface area contributed by atoms with Crippen molar-refractivity contribution in [1.82, 2.24) is 15.6 Å². The highest BCUT2D eigenvalue weighted by Gasteiger charge is 2.20. The first-order valence-electron chi connectivity index (χ1n) is 9.65. The van der Waals surface area contributed by atoms with E-state index in [2.05, 4.69) is 50.6 Å². The van der Waals surface area contributed by atoms with Gasteiger partial charge in [-0.05, 0) is 44.9 Å². The van der Waals surface area contributed by atoms with Gasteiger partial charge in [0.2, 0.25) is 0 Å². The maximum atomic E-state index is 12.0. The van der Waals surface area contributed by atoms with E-state index < -0.39 is 0 Å². The van der Waals surface area contributed by atoms with Gasteiger partial charge in [0, 0.05) is 33.4 Å². The highest BCUT2D eigenvalue weighted by molar-refractivity contribution is 7.13. The molecule has 0 radical (unpaired) electrons. The van der Waals surface area contributed by atoms with Crippen molar-refractivity contribution in [3.8, 4) is 0 Å². The van der Waals surface area contributed by atoms with Crippen molar-refractivity contribution < 1.29 is 9.53 Å². The number of ether oxygens (including phenoxy) is 1. The van der Waals surface area contributed by atoms with Crippen LogP contribution in [-0.4, -0.2) is 44.7 Å². The quantitative estimate of drug-likeness (QED) is 0.408. The van der Waals surface area contributed by atoms with E-state index in [1.165, 1.54) is 28.2 Å². The molecule has 8 heteroatoms. The van der Waals surface area contributed by atoms with E-state index in [9.17, 15) is 4.79 Å². The molecule has 2 aromatic rings. The highest BCUT2D eigenvalue weighted by atomic mass is 32.1. The molecule has 1 heterocycles. The van der Waals surface area contributed by atoms with E-state index >= 15 is 0 Å². The first kappa shape index (κ1) is 22.7. The molecule has 1 aromatic heterocycles. The molecule has 0 amide bonds. The number of carbonyl (C=O) groups is 1. The minimum absolute atomic E-state index is 0.0978. The van der Waals surface area contributed by atoms with E-state index in [0.717, 1.165) is 5.01 Å². The number of nitrogens with zero attached hydrogens (tertiary/aromatic N) is 3. The maximum Gasteiger partial charge on any atom is 0.350 e. The van der Waals surface area contributed by atoms with Gasteiger partial charge in [-0.25, -0.2) is 9.78 Å². The number of aliphatic imine (C=N–C) groups is 1. The standard InChI is InChI=1S/C21H31N5O2S/c1-8-28-20(27)18-14(3)24-19(29-18)15(4)25-21(22-5)23-12-16-10-9-13(2)11-17(16)26(6)7/h9-11,15H,8,12H2,1-7H3,(H2,22,23,25). The van der Waals surface area contributed by atoms with Gasteiger partial charge in [0.25, 0.3) is 0 Å². The highest BCUT2D eigenvalue weighted by Crippen LogP contribution is 2.24. The van der Waals surface area contributed by atoms with Gasteiger partial charge in [-0.15, -0.1) is 11.3 Å². The first-order chi connectivity index (χ1) is 13.8. The Labute approximate surface area is 177 Å². The molecule has 0 saturated heterocycles. The van der Waals surface area contributed by atoms with Crippen LogP contribution in [0.2, 0.25) is 0 Å². The molecule has 0 aliphatic carbocycles. The lowest BCUT2D eigenvalue weighted by molar-refractivity contribution is 0.0531. The number of anilines is 1. The van der Waals surface area contributed by atoms with Crippen molar-refractivity contribution in [3.05, 3.63) is 44.9 Å². The third kappa shape index (κ3) is 5.93. The summed E-state index contributed by atoms with van der Waals surface area (Å²) in [7, 11) is 5.82. The molecule has 1 atom stereocenters. The van der Waals surface area contributed by atoms with Crippen molar-refractivity contribution in [2.45, 2.75) is 40.3 Å². The summed E-state index contributed by atoms with van der Waals surface area (Å²) in [4.78, 5) is 23.5. The molecule has 0 saturated carbocycles. The lowest BCUT2D eigenvalue weighted by Gasteiger charge is -2.20. The fourth-order valence-electron chi connectivity index (χ4n) is 2.87. The first-order valence-corrected chi connectivity index (χ1v) is 10.5. The molecule has 1 aromatic carbocycles. The zero-order valence-electron chi connectivity index (χ0n) is 18.3. The van der Waals surface area contributed by atoms with Crippen LogP contribution in [0.3, 0.4) is 0 Å². The van der Waals surface area contributed by atoms with Crippen LogP contribution in [0.4, 0.5) is 5.69 Å². The van der Waals surface area contributed by atoms with Crippen LogP contribution in [-0.2, 0) is 11.3 Å². The molecule has 1 unspecified atom stereocenters. The zero-order valence-corrected chi connectivity index (χ0v) is 19.1. The second kappa shape index (κ2) is 10.2. The van der Waals surface area contributed by atoms with E-state index in [4.69, 9.17) is 4.74 Å². The number of rotatable bonds is 7. The van der Waals surface area contributed by atoms with Crippen LogP contribution in [0.25, 0.3) is 0 Å². The molecule has 2 N–H and O–H groups in total. The van der Waals surface area contributed by atoms with E-state index in [0.29, 0.717) is 29.7 Å². The van der Waals surface area contributed by atoms with Gasteiger partial charge in [-0.2, -0.15) is 0 Å². The molecule has 2 rings (SSSR count). The molecule has 29 heavy (non-hydrogen) atoms. The topological polar surface area (TPSA) is 78.8 Å². The van der Waals surface area contributed by atoms with Gasteiger partial charge in [0.15, 0.2) is 5.96 Å². The summed E-state index contributed by atoms with van der Waals surface area (Å²) in [5.41, 5.74) is 4.28. The summed E-state index contributed by atoms with van der Waals surface area (Å²) in [5.74, 6) is 0.354. The van der Waals surface area contributed by atoms with Crippen molar-refractivity contribution in [1.29, 1.82) is 0 Å². The molecular formula is C21H31N5O2S. The van der Waals surface area contributed by atoms with Gasteiger partial charge in [0.1, 0.15) is 9.88 Å². The molecule has 0 fully saturated rings. The second-order valence-electron chi connectivity index (χ2n) is 7.01. The number of aryl methyl sites for hydroxylation is 2. The van der Waals surface area contributed by atoms with Crippen molar-refractivity contribution in [3.63, 3.8) is 0 Å². The zero-order chi connectivity index (χ0) is 21.6. The summed E-state index contributed by atoms with van der Waals surface area (Å²) in [6.07, 6.45) is 0. The van der Waals surface area contributed by atoms with Gasteiger partial charge >= 0.3 is 5.97 Å². The Morgan fingerprint density at radius 3 is 2.69 bits per heavy atom. The van der Waals surface area contributed by atoms with Crippen LogP contribution in [0.1, 0.15) is 51.4 Å². The second-order valence-corrected chi connectivity index (χ2v) is 8.04. The third-order valence-electron chi connectivity index (χ3n) is 4.39. The van der Waals surface area contributed by atoms with Crippen LogP contribution in [0.15, 0.2) is 23.2 Å².